The number of nitro groups is 1. The Balaban J connectivity index is 1.79. The predicted molar refractivity (Wildman–Crippen MR) is 124 cm³/mol. The lowest BCUT2D eigenvalue weighted by atomic mass is 10.2. The first-order chi connectivity index (χ1) is 15.2. The van der Waals surface area contributed by atoms with Crippen molar-refractivity contribution in [2.75, 3.05) is 12.5 Å². The first-order valence-electron chi connectivity index (χ1n) is 9.12. The maximum atomic E-state index is 12.6. The number of anilines is 1. The molecule has 0 bridgehead atoms. The normalized spacial score (nSPS) is 11.3. The van der Waals surface area contributed by atoms with Crippen molar-refractivity contribution in [1.29, 1.82) is 0 Å². The number of non-ortho nitro benzene ring substituents is 1. The molecule has 0 aliphatic rings. The summed E-state index contributed by atoms with van der Waals surface area (Å²) < 4.78 is 36.3. The lowest BCUT2D eigenvalue weighted by Crippen LogP contribution is -2.11. The number of halogens is 1. The standard InChI is InChI=1S/C21H18BrN3O6S/c1-14-3-9-18(10-4-14)32(28,29)31-21-19(22)11-15(12-20(21)30-2)13-23-24-16-5-7-17(8-6-16)25(26)27/h3-13,24H,1-2H3. The third-order valence-corrected chi connectivity index (χ3v) is 6.06. The number of nitrogens with one attached hydrogen (secondary N) is 1. The summed E-state index contributed by atoms with van der Waals surface area (Å²) in [4.78, 5) is 10.2. The molecule has 0 spiro atoms. The molecule has 0 heterocycles. The molecule has 0 unspecified atom stereocenters. The smallest absolute Gasteiger partial charge is 0.339 e. The van der Waals surface area contributed by atoms with Gasteiger partial charge < -0.3 is 8.92 Å². The van der Waals surface area contributed by atoms with Crippen LogP contribution < -0.4 is 14.3 Å². The van der Waals surface area contributed by atoms with Gasteiger partial charge in [0.2, 0.25) is 0 Å². The van der Waals surface area contributed by atoms with E-state index in [2.05, 4.69) is 26.5 Å². The zero-order valence-electron chi connectivity index (χ0n) is 17.0. The van der Waals surface area contributed by atoms with Crippen molar-refractivity contribution >= 4 is 43.6 Å². The van der Waals surface area contributed by atoms with E-state index in [9.17, 15) is 18.5 Å². The zero-order chi connectivity index (χ0) is 23.3. The van der Waals surface area contributed by atoms with Crippen molar-refractivity contribution in [3.05, 3.63) is 86.4 Å². The summed E-state index contributed by atoms with van der Waals surface area (Å²) >= 11 is 3.32. The summed E-state index contributed by atoms with van der Waals surface area (Å²) in [5.74, 6) is 0.195. The van der Waals surface area contributed by atoms with Crippen LogP contribution in [0.3, 0.4) is 0 Å². The molecular weight excluding hydrogens is 502 g/mol. The number of hydrogen-bond donors (Lipinski definition) is 1. The molecule has 1 N–H and O–H groups in total. The molecule has 0 atom stereocenters. The van der Waals surface area contributed by atoms with Gasteiger partial charge in [0.15, 0.2) is 11.5 Å². The van der Waals surface area contributed by atoms with E-state index in [1.807, 2.05) is 6.92 Å². The molecule has 0 saturated carbocycles. The quantitative estimate of drug-likeness (QED) is 0.194. The average molecular weight is 520 g/mol. The fourth-order valence-electron chi connectivity index (χ4n) is 2.60. The van der Waals surface area contributed by atoms with Crippen LogP contribution in [0.1, 0.15) is 11.1 Å². The minimum Gasteiger partial charge on any atom is -0.493 e. The molecule has 3 rings (SSSR count). The van der Waals surface area contributed by atoms with Gasteiger partial charge in [-0.2, -0.15) is 13.5 Å². The lowest BCUT2D eigenvalue weighted by molar-refractivity contribution is -0.384. The number of benzene rings is 3. The summed E-state index contributed by atoms with van der Waals surface area (Å²) in [5, 5.41) is 14.8. The van der Waals surface area contributed by atoms with E-state index >= 15 is 0 Å². The van der Waals surface area contributed by atoms with Crippen LogP contribution in [0.4, 0.5) is 11.4 Å². The Labute approximate surface area is 193 Å². The second-order valence-corrected chi connectivity index (χ2v) is 8.96. The maximum Gasteiger partial charge on any atom is 0.339 e. The largest absolute Gasteiger partial charge is 0.493 e. The van der Waals surface area contributed by atoms with Gasteiger partial charge in [0.05, 0.1) is 28.4 Å². The van der Waals surface area contributed by atoms with Crippen LogP contribution in [-0.2, 0) is 10.1 Å². The summed E-state index contributed by atoms with van der Waals surface area (Å²) in [5.41, 5.74) is 4.80. The van der Waals surface area contributed by atoms with Crippen LogP contribution in [0.2, 0.25) is 0 Å². The third-order valence-electron chi connectivity index (χ3n) is 4.24. The Morgan fingerprint density at radius 1 is 1.09 bits per heavy atom. The molecule has 0 amide bonds. The van der Waals surface area contributed by atoms with Crippen LogP contribution in [0.25, 0.3) is 0 Å². The first kappa shape index (κ1) is 23.2. The van der Waals surface area contributed by atoms with Crippen molar-refractivity contribution in [2.45, 2.75) is 11.8 Å². The molecule has 11 heteroatoms. The van der Waals surface area contributed by atoms with Crippen molar-refractivity contribution in [2.24, 2.45) is 5.10 Å². The highest BCUT2D eigenvalue weighted by Crippen LogP contribution is 2.38. The number of nitro benzene ring substituents is 1. The van der Waals surface area contributed by atoms with Gasteiger partial charge in [-0.15, -0.1) is 0 Å². The van der Waals surface area contributed by atoms with Crippen LogP contribution in [0, 0.1) is 17.0 Å². The fraction of sp³-hybridized carbons (Fsp3) is 0.0952. The highest BCUT2D eigenvalue weighted by atomic mass is 79.9. The minimum absolute atomic E-state index is 0.00792. The predicted octanol–water partition coefficient (Wildman–Crippen LogP) is 4.89. The number of methoxy groups -OCH3 is 1. The molecule has 0 saturated heterocycles. The number of ether oxygens (including phenoxy) is 1. The topological polar surface area (TPSA) is 120 Å². The Bertz CT molecular complexity index is 1260. The zero-order valence-corrected chi connectivity index (χ0v) is 19.4. The van der Waals surface area contributed by atoms with Gasteiger partial charge in [-0.3, -0.25) is 15.5 Å². The molecule has 9 nitrogen and oxygen atoms in total. The first-order valence-corrected chi connectivity index (χ1v) is 11.3. The SMILES string of the molecule is COc1cc(C=NNc2ccc([N+](=O)[O-])cc2)cc(Br)c1OS(=O)(=O)c1ccc(C)cc1. The Hall–Kier alpha value is -3.44. The van der Waals surface area contributed by atoms with E-state index in [4.69, 9.17) is 8.92 Å². The van der Waals surface area contributed by atoms with Gasteiger partial charge in [0.1, 0.15) is 4.90 Å². The second-order valence-electron chi connectivity index (χ2n) is 6.56. The van der Waals surface area contributed by atoms with Gasteiger partial charge in [-0.1, -0.05) is 17.7 Å². The fourth-order valence-corrected chi connectivity index (χ4v) is 4.20. The van der Waals surface area contributed by atoms with Crippen LogP contribution in [-0.4, -0.2) is 26.7 Å². The summed E-state index contributed by atoms with van der Waals surface area (Å²) in [7, 11) is -2.67. The molecule has 0 aromatic heterocycles. The van der Waals surface area contributed by atoms with Gasteiger partial charge >= 0.3 is 10.1 Å². The molecule has 3 aromatic rings. The van der Waals surface area contributed by atoms with Crippen molar-refractivity contribution in [3.8, 4) is 11.5 Å². The van der Waals surface area contributed by atoms with Gasteiger partial charge in [-0.25, -0.2) is 0 Å². The molecular formula is C21H18BrN3O6S. The number of hydrazone groups is 1. The van der Waals surface area contributed by atoms with Crippen molar-refractivity contribution < 1.29 is 22.3 Å². The molecule has 32 heavy (non-hydrogen) atoms. The van der Waals surface area contributed by atoms with Gasteiger partial charge in [0, 0.05) is 12.1 Å². The maximum absolute atomic E-state index is 12.6. The molecule has 0 radical (unpaired) electrons. The van der Waals surface area contributed by atoms with E-state index in [-0.39, 0.29) is 22.1 Å². The van der Waals surface area contributed by atoms with Crippen molar-refractivity contribution in [1.82, 2.24) is 0 Å². The van der Waals surface area contributed by atoms with Crippen molar-refractivity contribution in [3.63, 3.8) is 0 Å². The van der Waals surface area contributed by atoms with Crippen LogP contribution >= 0.6 is 15.9 Å². The summed E-state index contributed by atoms with van der Waals surface area (Å²) in [6, 6.07) is 15.2. The average Bonchev–Trinajstić information content (AvgIpc) is 2.76. The summed E-state index contributed by atoms with van der Waals surface area (Å²) in [6.45, 7) is 1.85. The number of hydrogen-bond acceptors (Lipinski definition) is 8. The van der Waals surface area contributed by atoms with E-state index in [0.717, 1.165) is 5.56 Å². The number of nitrogens with zero attached hydrogens (tertiary/aromatic N) is 2. The van der Waals surface area contributed by atoms with Gasteiger partial charge in [-0.05, 0) is 64.8 Å². The van der Waals surface area contributed by atoms with E-state index in [1.165, 1.54) is 49.7 Å². The number of aryl methyl sites for hydroxylation is 1. The minimum atomic E-state index is -4.06. The monoisotopic (exact) mass is 519 g/mol. The molecule has 0 aliphatic carbocycles. The van der Waals surface area contributed by atoms with E-state index in [1.54, 1.807) is 24.3 Å². The second kappa shape index (κ2) is 9.79. The van der Waals surface area contributed by atoms with Crippen LogP contribution in [0.15, 0.2) is 75.1 Å². The molecule has 0 aliphatic heterocycles. The Kier molecular flexibility index (Phi) is 7.11. The Morgan fingerprint density at radius 2 is 1.75 bits per heavy atom. The molecule has 3 aromatic carbocycles. The van der Waals surface area contributed by atoms with Crippen LogP contribution in [0.5, 0.6) is 11.5 Å². The van der Waals surface area contributed by atoms with E-state index < -0.39 is 15.0 Å². The highest BCUT2D eigenvalue weighted by Gasteiger charge is 2.21. The molecule has 0 fully saturated rings. The third kappa shape index (κ3) is 5.62. The molecule has 166 valence electrons. The number of rotatable bonds is 8. The van der Waals surface area contributed by atoms with Gasteiger partial charge in [0.25, 0.3) is 5.69 Å². The lowest BCUT2D eigenvalue weighted by Gasteiger charge is -2.13. The Morgan fingerprint density at radius 3 is 2.34 bits per heavy atom. The highest BCUT2D eigenvalue weighted by molar-refractivity contribution is 9.10. The van der Waals surface area contributed by atoms with E-state index in [0.29, 0.717) is 15.7 Å². The summed E-state index contributed by atoms with van der Waals surface area (Å²) in [6.07, 6.45) is 1.48.